The van der Waals surface area contributed by atoms with Gasteiger partial charge < -0.3 is 10.1 Å². The number of amides is 1. The van der Waals surface area contributed by atoms with Gasteiger partial charge in [-0.25, -0.2) is 4.39 Å². The van der Waals surface area contributed by atoms with Crippen molar-refractivity contribution < 1.29 is 13.9 Å². The van der Waals surface area contributed by atoms with Crippen LogP contribution in [0.15, 0.2) is 41.8 Å². The highest BCUT2D eigenvalue weighted by Gasteiger charge is 2.12. The van der Waals surface area contributed by atoms with Crippen molar-refractivity contribution in [1.29, 1.82) is 0 Å². The van der Waals surface area contributed by atoms with Crippen molar-refractivity contribution in [2.75, 3.05) is 13.2 Å². The zero-order valence-electron chi connectivity index (χ0n) is 14.5. The molecular weight excluding hydrogens is 387 g/mol. The topological polar surface area (TPSA) is 71.9 Å². The highest BCUT2D eigenvalue weighted by molar-refractivity contribution is 7.71. The first-order valence-electron chi connectivity index (χ1n) is 8.47. The molecule has 27 heavy (non-hydrogen) atoms. The molecule has 3 rings (SSSR count). The Morgan fingerprint density at radius 2 is 2.11 bits per heavy atom. The minimum absolute atomic E-state index is 0.120. The van der Waals surface area contributed by atoms with E-state index in [1.165, 1.54) is 12.1 Å². The maximum Gasteiger partial charge on any atom is 0.240 e. The molecule has 0 spiro atoms. The fraction of sp³-hybridized carbons (Fsp3) is 0.278. The first kappa shape index (κ1) is 19.2. The van der Waals surface area contributed by atoms with Crippen molar-refractivity contribution in [2.24, 2.45) is 0 Å². The number of thiophene rings is 1. The lowest BCUT2D eigenvalue weighted by molar-refractivity contribution is -0.121. The van der Waals surface area contributed by atoms with Crippen LogP contribution in [0.5, 0.6) is 5.75 Å². The van der Waals surface area contributed by atoms with Gasteiger partial charge in [0.15, 0.2) is 10.6 Å². The van der Waals surface area contributed by atoms with E-state index in [1.807, 2.05) is 17.5 Å². The molecule has 0 saturated heterocycles. The summed E-state index contributed by atoms with van der Waals surface area (Å²) in [6, 6.07) is 9.77. The van der Waals surface area contributed by atoms with E-state index < -0.39 is 0 Å². The molecule has 9 heteroatoms. The molecule has 0 aliphatic rings. The van der Waals surface area contributed by atoms with Gasteiger partial charge in [0, 0.05) is 6.54 Å². The van der Waals surface area contributed by atoms with E-state index >= 15 is 0 Å². The van der Waals surface area contributed by atoms with E-state index in [0.29, 0.717) is 29.5 Å². The van der Waals surface area contributed by atoms with E-state index in [4.69, 9.17) is 17.0 Å². The van der Waals surface area contributed by atoms with E-state index in [2.05, 4.69) is 15.5 Å². The van der Waals surface area contributed by atoms with E-state index in [1.54, 1.807) is 28.0 Å². The SMILES string of the molecule is O=C(Cn1c(-c2cccs2)n[nH]c1=S)NCCCCOc1ccc(F)cc1. The summed E-state index contributed by atoms with van der Waals surface area (Å²) in [5.41, 5.74) is 0. The van der Waals surface area contributed by atoms with Gasteiger partial charge in [-0.05, 0) is 60.8 Å². The Hall–Kier alpha value is -2.52. The number of ether oxygens (including phenoxy) is 1. The van der Waals surface area contributed by atoms with Gasteiger partial charge in [-0.1, -0.05) is 6.07 Å². The second kappa shape index (κ2) is 9.43. The lowest BCUT2D eigenvalue weighted by Gasteiger charge is -2.08. The second-order valence-corrected chi connectivity index (χ2v) is 7.11. The number of aromatic nitrogens is 3. The Bertz CT molecular complexity index is 920. The lowest BCUT2D eigenvalue weighted by Crippen LogP contribution is -2.29. The van der Waals surface area contributed by atoms with Gasteiger partial charge in [0.2, 0.25) is 5.91 Å². The van der Waals surface area contributed by atoms with E-state index in [0.717, 1.165) is 17.7 Å². The fourth-order valence-corrected chi connectivity index (χ4v) is 3.35. The molecule has 0 radical (unpaired) electrons. The smallest absolute Gasteiger partial charge is 0.240 e. The monoisotopic (exact) mass is 406 g/mol. The van der Waals surface area contributed by atoms with Crippen molar-refractivity contribution >= 4 is 29.5 Å². The predicted molar refractivity (Wildman–Crippen MR) is 105 cm³/mol. The minimum Gasteiger partial charge on any atom is -0.494 e. The number of aromatic amines is 1. The molecule has 0 aliphatic carbocycles. The van der Waals surface area contributed by atoms with Crippen molar-refractivity contribution in [3.63, 3.8) is 0 Å². The average molecular weight is 407 g/mol. The van der Waals surface area contributed by atoms with Crippen LogP contribution in [0, 0.1) is 10.6 Å². The maximum absolute atomic E-state index is 12.8. The van der Waals surface area contributed by atoms with Gasteiger partial charge >= 0.3 is 0 Å². The van der Waals surface area contributed by atoms with Crippen molar-refractivity contribution in [3.8, 4) is 16.5 Å². The number of nitrogens with zero attached hydrogens (tertiary/aromatic N) is 2. The van der Waals surface area contributed by atoms with Crippen molar-refractivity contribution in [3.05, 3.63) is 52.4 Å². The molecule has 142 valence electrons. The molecule has 2 N–H and O–H groups in total. The first-order valence-corrected chi connectivity index (χ1v) is 9.76. The molecule has 0 unspecified atom stereocenters. The standard InChI is InChI=1S/C18H19FN4O2S2/c19-13-5-7-14(8-6-13)25-10-2-1-9-20-16(24)12-23-17(21-22-18(23)26)15-4-3-11-27-15/h3-8,11H,1-2,9-10,12H2,(H,20,24)(H,22,26). The molecule has 0 bridgehead atoms. The van der Waals surface area contributed by atoms with Gasteiger partial charge in [-0.3, -0.25) is 14.5 Å². The highest BCUT2D eigenvalue weighted by atomic mass is 32.1. The number of unbranched alkanes of at least 4 members (excludes halogenated alkanes) is 1. The molecule has 1 amide bonds. The number of H-pyrrole nitrogens is 1. The van der Waals surface area contributed by atoms with Crippen LogP contribution in [0.3, 0.4) is 0 Å². The molecule has 0 fully saturated rings. The average Bonchev–Trinajstić information content (AvgIpc) is 3.30. The number of nitrogens with one attached hydrogen (secondary N) is 2. The number of carbonyl (C=O) groups excluding carboxylic acids is 1. The van der Waals surface area contributed by atoms with Crippen LogP contribution >= 0.6 is 23.6 Å². The Labute approximate surface area is 165 Å². The summed E-state index contributed by atoms with van der Waals surface area (Å²) in [5.74, 6) is 0.892. The maximum atomic E-state index is 12.8. The Balaban J connectivity index is 1.39. The molecule has 6 nitrogen and oxygen atoms in total. The zero-order chi connectivity index (χ0) is 19.1. The second-order valence-electron chi connectivity index (χ2n) is 5.78. The first-order chi connectivity index (χ1) is 13.1. The van der Waals surface area contributed by atoms with Gasteiger partial charge in [0.25, 0.3) is 0 Å². The van der Waals surface area contributed by atoms with E-state index in [-0.39, 0.29) is 18.3 Å². The quantitative estimate of drug-likeness (QED) is 0.419. The normalized spacial score (nSPS) is 10.7. The van der Waals surface area contributed by atoms with Crippen molar-refractivity contribution in [1.82, 2.24) is 20.1 Å². The van der Waals surface area contributed by atoms with Gasteiger partial charge in [0.05, 0.1) is 11.5 Å². The summed E-state index contributed by atoms with van der Waals surface area (Å²) in [5, 5.41) is 11.8. The summed E-state index contributed by atoms with van der Waals surface area (Å²) in [6.45, 7) is 1.18. The highest BCUT2D eigenvalue weighted by Crippen LogP contribution is 2.22. The Morgan fingerprint density at radius 3 is 2.85 bits per heavy atom. The molecule has 0 atom stereocenters. The van der Waals surface area contributed by atoms with Crippen LogP contribution in [0.25, 0.3) is 10.7 Å². The van der Waals surface area contributed by atoms with Gasteiger partial charge in [0.1, 0.15) is 18.1 Å². The molecule has 2 aromatic heterocycles. The largest absolute Gasteiger partial charge is 0.494 e. The third kappa shape index (κ3) is 5.48. The fourth-order valence-electron chi connectivity index (χ4n) is 2.43. The molecule has 2 heterocycles. The molecule has 0 saturated carbocycles. The summed E-state index contributed by atoms with van der Waals surface area (Å²) < 4.78 is 20.4. The molecule has 1 aromatic carbocycles. The third-order valence-electron chi connectivity index (χ3n) is 3.78. The molecular formula is C18H19FN4O2S2. The van der Waals surface area contributed by atoms with E-state index in [9.17, 15) is 9.18 Å². The number of carbonyl (C=O) groups is 1. The van der Waals surface area contributed by atoms with Crippen LogP contribution in [-0.2, 0) is 11.3 Å². The van der Waals surface area contributed by atoms with Crippen molar-refractivity contribution in [2.45, 2.75) is 19.4 Å². The number of benzene rings is 1. The van der Waals surface area contributed by atoms with Crippen LogP contribution in [0.4, 0.5) is 4.39 Å². The number of hydrogen-bond acceptors (Lipinski definition) is 5. The predicted octanol–water partition coefficient (Wildman–Crippen LogP) is 3.78. The number of rotatable bonds is 9. The molecule has 3 aromatic rings. The lowest BCUT2D eigenvalue weighted by atomic mass is 10.3. The minimum atomic E-state index is -0.287. The number of hydrogen-bond donors (Lipinski definition) is 2. The third-order valence-corrected chi connectivity index (χ3v) is 4.95. The van der Waals surface area contributed by atoms with Crippen LogP contribution < -0.4 is 10.1 Å². The summed E-state index contributed by atoms with van der Waals surface area (Å²) >= 11 is 6.76. The summed E-state index contributed by atoms with van der Waals surface area (Å²) in [6.07, 6.45) is 1.56. The van der Waals surface area contributed by atoms with Crippen LogP contribution in [0.2, 0.25) is 0 Å². The summed E-state index contributed by atoms with van der Waals surface area (Å²) in [4.78, 5) is 13.1. The Morgan fingerprint density at radius 1 is 1.30 bits per heavy atom. The Kier molecular flexibility index (Phi) is 6.72. The number of halogens is 1. The van der Waals surface area contributed by atoms with Crippen LogP contribution in [0.1, 0.15) is 12.8 Å². The molecule has 0 aliphatic heterocycles. The summed E-state index contributed by atoms with van der Waals surface area (Å²) in [7, 11) is 0. The zero-order valence-corrected chi connectivity index (χ0v) is 16.1. The van der Waals surface area contributed by atoms with Gasteiger partial charge in [-0.15, -0.1) is 11.3 Å². The van der Waals surface area contributed by atoms with Gasteiger partial charge in [-0.2, -0.15) is 5.10 Å². The van der Waals surface area contributed by atoms with Crippen LogP contribution in [-0.4, -0.2) is 33.8 Å².